The number of Topliss-reactive ketones (excluding diaryl/α,β-unsaturated/α-hetero) is 1. The minimum Gasteiger partial charge on any atom is -0.351 e. The molecule has 18 heavy (non-hydrogen) atoms. The van der Waals surface area contributed by atoms with Gasteiger partial charge in [-0.15, -0.1) is 12.4 Å². The van der Waals surface area contributed by atoms with Gasteiger partial charge in [-0.05, 0) is 25.6 Å². The lowest BCUT2D eigenvalue weighted by Crippen LogP contribution is -2.31. The summed E-state index contributed by atoms with van der Waals surface area (Å²) in [6.45, 7) is 5.77. The molecule has 0 saturated carbocycles. The van der Waals surface area contributed by atoms with Gasteiger partial charge in [-0.25, -0.2) is 0 Å². The Morgan fingerprint density at radius 2 is 1.61 bits per heavy atom. The highest BCUT2D eigenvalue weighted by Gasteiger charge is 2.05. The molecule has 0 aliphatic carbocycles. The quantitative estimate of drug-likeness (QED) is 0.610. The minimum absolute atomic E-state index is 0. The second-order valence-electron chi connectivity index (χ2n) is 3.74. The molecule has 100 valence electrons. The molecule has 0 radical (unpaired) electrons. The normalized spacial score (nSPS) is 9.44. The maximum absolute atomic E-state index is 11.7. The maximum Gasteiger partial charge on any atom is 0.251 e. The number of hydrogen-bond donors (Lipinski definition) is 2. The van der Waals surface area contributed by atoms with E-state index in [1.807, 2.05) is 6.92 Å². The van der Waals surface area contributed by atoms with Crippen LogP contribution >= 0.6 is 12.4 Å². The number of ketones is 1. The average molecular weight is 271 g/mol. The van der Waals surface area contributed by atoms with Gasteiger partial charge in [0.25, 0.3) is 5.91 Å². The SMILES string of the molecule is CCNCCNC(=O)c1ccc(C(C)=O)cc1.Cl. The van der Waals surface area contributed by atoms with Crippen molar-refractivity contribution < 1.29 is 9.59 Å². The van der Waals surface area contributed by atoms with Crippen molar-refractivity contribution in [2.24, 2.45) is 0 Å². The first kappa shape index (κ1) is 16.6. The molecule has 0 spiro atoms. The Morgan fingerprint density at radius 3 is 2.11 bits per heavy atom. The largest absolute Gasteiger partial charge is 0.351 e. The number of nitrogens with one attached hydrogen (secondary N) is 2. The molecule has 4 nitrogen and oxygen atoms in total. The molecule has 0 atom stereocenters. The van der Waals surface area contributed by atoms with Gasteiger partial charge in [-0.1, -0.05) is 19.1 Å². The van der Waals surface area contributed by atoms with E-state index in [4.69, 9.17) is 0 Å². The molecule has 5 heteroatoms. The van der Waals surface area contributed by atoms with E-state index in [0.717, 1.165) is 13.1 Å². The van der Waals surface area contributed by atoms with E-state index >= 15 is 0 Å². The zero-order valence-electron chi connectivity index (χ0n) is 10.7. The van der Waals surface area contributed by atoms with E-state index in [-0.39, 0.29) is 24.1 Å². The fourth-order valence-electron chi connectivity index (χ4n) is 1.40. The number of halogens is 1. The van der Waals surface area contributed by atoms with E-state index in [9.17, 15) is 9.59 Å². The second-order valence-corrected chi connectivity index (χ2v) is 3.74. The van der Waals surface area contributed by atoms with Gasteiger partial charge in [0.1, 0.15) is 0 Å². The van der Waals surface area contributed by atoms with Crippen LogP contribution in [0, 0.1) is 0 Å². The third-order valence-corrected chi connectivity index (χ3v) is 2.39. The molecule has 1 rings (SSSR count). The molecule has 0 bridgehead atoms. The summed E-state index contributed by atoms with van der Waals surface area (Å²) in [4.78, 5) is 22.7. The highest BCUT2D eigenvalue weighted by Crippen LogP contribution is 2.04. The summed E-state index contributed by atoms with van der Waals surface area (Å²) < 4.78 is 0. The van der Waals surface area contributed by atoms with Gasteiger partial charge in [0.2, 0.25) is 0 Å². The fraction of sp³-hybridized carbons (Fsp3) is 0.385. The number of rotatable bonds is 6. The number of hydrogen-bond acceptors (Lipinski definition) is 3. The van der Waals surface area contributed by atoms with Crippen molar-refractivity contribution in [1.29, 1.82) is 0 Å². The van der Waals surface area contributed by atoms with Gasteiger partial charge in [-0.2, -0.15) is 0 Å². The number of amides is 1. The van der Waals surface area contributed by atoms with Crippen molar-refractivity contribution in [2.45, 2.75) is 13.8 Å². The number of carbonyl (C=O) groups excluding carboxylic acids is 2. The molecular formula is C13H19ClN2O2. The summed E-state index contributed by atoms with van der Waals surface area (Å²) in [5, 5.41) is 5.92. The van der Waals surface area contributed by atoms with E-state index in [0.29, 0.717) is 17.7 Å². The summed E-state index contributed by atoms with van der Waals surface area (Å²) in [6, 6.07) is 6.67. The average Bonchev–Trinajstić information content (AvgIpc) is 2.34. The molecule has 0 saturated heterocycles. The van der Waals surface area contributed by atoms with Crippen LogP contribution in [0.3, 0.4) is 0 Å². The molecule has 0 unspecified atom stereocenters. The summed E-state index contributed by atoms with van der Waals surface area (Å²) >= 11 is 0. The minimum atomic E-state index is -0.113. The second kappa shape index (κ2) is 8.66. The van der Waals surface area contributed by atoms with Crippen molar-refractivity contribution >= 4 is 24.1 Å². The Hall–Kier alpha value is -1.39. The van der Waals surface area contributed by atoms with Crippen molar-refractivity contribution in [3.05, 3.63) is 35.4 Å². The third kappa shape index (κ3) is 5.29. The molecule has 0 fully saturated rings. The van der Waals surface area contributed by atoms with Crippen molar-refractivity contribution in [1.82, 2.24) is 10.6 Å². The fourth-order valence-corrected chi connectivity index (χ4v) is 1.40. The maximum atomic E-state index is 11.7. The summed E-state index contributed by atoms with van der Waals surface area (Å²) in [6.07, 6.45) is 0. The summed E-state index contributed by atoms with van der Waals surface area (Å²) in [5.41, 5.74) is 1.20. The van der Waals surface area contributed by atoms with Gasteiger partial charge in [-0.3, -0.25) is 9.59 Å². The molecule has 1 aromatic carbocycles. The zero-order valence-corrected chi connectivity index (χ0v) is 11.5. The van der Waals surface area contributed by atoms with Gasteiger partial charge in [0.15, 0.2) is 5.78 Å². The number of carbonyl (C=O) groups is 2. The molecule has 0 aromatic heterocycles. The lowest BCUT2D eigenvalue weighted by atomic mass is 10.1. The molecule has 0 aliphatic heterocycles. The van der Waals surface area contributed by atoms with Crippen molar-refractivity contribution in [3.63, 3.8) is 0 Å². The summed E-state index contributed by atoms with van der Waals surface area (Å²) in [5.74, 6) is -0.109. The number of benzene rings is 1. The van der Waals surface area contributed by atoms with Gasteiger partial charge < -0.3 is 10.6 Å². The van der Waals surface area contributed by atoms with E-state index in [1.165, 1.54) is 6.92 Å². The van der Waals surface area contributed by atoms with Gasteiger partial charge >= 0.3 is 0 Å². The van der Waals surface area contributed by atoms with Gasteiger partial charge in [0.05, 0.1) is 0 Å². The first-order valence-electron chi connectivity index (χ1n) is 5.75. The number of likely N-dealkylation sites (N-methyl/N-ethyl adjacent to an activating group) is 1. The smallest absolute Gasteiger partial charge is 0.251 e. The van der Waals surface area contributed by atoms with Crippen LogP contribution in [0.15, 0.2) is 24.3 Å². The lowest BCUT2D eigenvalue weighted by Gasteiger charge is -2.05. The molecule has 1 aromatic rings. The molecular weight excluding hydrogens is 252 g/mol. The summed E-state index contributed by atoms with van der Waals surface area (Å²) in [7, 11) is 0. The Balaban J connectivity index is 0.00000289. The van der Waals surface area contributed by atoms with Crippen LogP contribution in [-0.4, -0.2) is 31.3 Å². The van der Waals surface area contributed by atoms with E-state index in [2.05, 4.69) is 10.6 Å². The van der Waals surface area contributed by atoms with Crippen LogP contribution in [0.1, 0.15) is 34.6 Å². The van der Waals surface area contributed by atoms with E-state index < -0.39 is 0 Å². The highest BCUT2D eigenvalue weighted by atomic mass is 35.5. The molecule has 1 amide bonds. The molecule has 0 aliphatic rings. The Labute approximate surface area is 114 Å². The van der Waals surface area contributed by atoms with Crippen LogP contribution in [0.25, 0.3) is 0 Å². The Bertz CT molecular complexity index is 390. The topological polar surface area (TPSA) is 58.2 Å². The van der Waals surface area contributed by atoms with E-state index in [1.54, 1.807) is 24.3 Å². The van der Waals surface area contributed by atoms with Gasteiger partial charge in [0, 0.05) is 24.2 Å². The zero-order chi connectivity index (χ0) is 12.7. The Kier molecular flexibility index (Phi) is 8.00. The van der Waals surface area contributed by atoms with Crippen LogP contribution < -0.4 is 10.6 Å². The predicted molar refractivity (Wildman–Crippen MR) is 74.6 cm³/mol. The van der Waals surface area contributed by atoms with Crippen molar-refractivity contribution in [3.8, 4) is 0 Å². The van der Waals surface area contributed by atoms with Crippen molar-refractivity contribution in [2.75, 3.05) is 19.6 Å². The highest BCUT2D eigenvalue weighted by molar-refractivity contribution is 5.97. The van der Waals surface area contributed by atoms with Crippen LogP contribution in [0.4, 0.5) is 0 Å². The monoisotopic (exact) mass is 270 g/mol. The lowest BCUT2D eigenvalue weighted by molar-refractivity contribution is 0.0951. The molecule has 2 N–H and O–H groups in total. The molecule has 0 heterocycles. The van der Waals surface area contributed by atoms with Crippen LogP contribution in [-0.2, 0) is 0 Å². The first-order chi connectivity index (χ1) is 8.15. The standard InChI is InChI=1S/C13H18N2O2.ClH/c1-3-14-8-9-15-13(17)12-6-4-11(5-7-12)10(2)16;/h4-7,14H,3,8-9H2,1-2H3,(H,15,17);1H. The Morgan fingerprint density at radius 1 is 1.06 bits per heavy atom. The third-order valence-electron chi connectivity index (χ3n) is 2.39. The van der Waals surface area contributed by atoms with Crippen LogP contribution in [0.2, 0.25) is 0 Å². The predicted octanol–water partition coefficient (Wildman–Crippen LogP) is 1.65. The first-order valence-corrected chi connectivity index (χ1v) is 5.75. The van der Waals surface area contributed by atoms with Crippen LogP contribution in [0.5, 0.6) is 0 Å².